The van der Waals surface area contributed by atoms with Crippen molar-refractivity contribution in [1.29, 1.82) is 0 Å². The van der Waals surface area contributed by atoms with Crippen molar-refractivity contribution >= 4 is 10.8 Å². The normalized spacial score (nSPS) is 15.6. The van der Waals surface area contributed by atoms with E-state index < -0.39 is 10.8 Å². The van der Waals surface area contributed by atoms with E-state index in [1.54, 1.807) is 18.8 Å². The van der Waals surface area contributed by atoms with Crippen LogP contribution in [-0.2, 0) is 17.3 Å². The molecular weight excluding hydrogens is 186 g/mol. The number of nitrogens with zero attached hydrogens (tertiary/aromatic N) is 2. The van der Waals surface area contributed by atoms with E-state index in [4.69, 9.17) is 5.73 Å². The number of hydrogen-bond acceptors (Lipinski definition) is 3. The number of aromatic nitrogens is 2. The molecular formula is C8H15N3OS. The third-order valence-electron chi connectivity index (χ3n) is 1.91. The monoisotopic (exact) mass is 201 g/mol. The molecule has 0 saturated heterocycles. The van der Waals surface area contributed by atoms with Crippen molar-refractivity contribution in [1.82, 2.24) is 9.55 Å². The second-order valence-corrected chi connectivity index (χ2v) is 4.56. The van der Waals surface area contributed by atoms with Gasteiger partial charge in [-0.15, -0.1) is 0 Å². The highest BCUT2D eigenvalue weighted by molar-refractivity contribution is 7.84. The third kappa shape index (κ3) is 2.63. The van der Waals surface area contributed by atoms with E-state index in [2.05, 4.69) is 4.98 Å². The fourth-order valence-electron chi connectivity index (χ4n) is 1.31. The lowest BCUT2D eigenvalue weighted by molar-refractivity contribution is 0.574. The maximum atomic E-state index is 11.0. The minimum atomic E-state index is -0.780. The van der Waals surface area contributed by atoms with Gasteiger partial charge in [0, 0.05) is 41.6 Å². The molecule has 2 atom stereocenters. The largest absolute Gasteiger partial charge is 0.330 e. The van der Waals surface area contributed by atoms with Crippen molar-refractivity contribution in [2.75, 3.05) is 12.0 Å². The predicted octanol–water partition coefficient (Wildman–Crippen LogP) is 0.281. The van der Waals surface area contributed by atoms with Crippen molar-refractivity contribution < 1.29 is 4.21 Å². The topological polar surface area (TPSA) is 60.9 Å². The average Bonchev–Trinajstić information content (AvgIpc) is 2.49. The van der Waals surface area contributed by atoms with Crippen molar-refractivity contribution in [2.45, 2.75) is 19.5 Å². The maximum absolute atomic E-state index is 11.0. The first-order chi connectivity index (χ1) is 6.15. The van der Waals surface area contributed by atoms with Gasteiger partial charge in [0.15, 0.2) is 0 Å². The molecule has 1 rings (SSSR count). The van der Waals surface area contributed by atoms with Crippen molar-refractivity contribution in [3.05, 3.63) is 18.2 Å². The van der Waals surface area contributed by atoms with Gasteiger partial charge < -0.3 is 10.3 Å². The molecule has 1 heterocycles. The molecule has 4 nitrogen and oxygen atoms in total. The minimum absolute atomic E-state index is 0.201. The van der Waals surface area contributed by atoms with Crippen molar-refractivity contribution in [2.24, 2.45) is 5.73 Å². The Bertz CT molecular complexity index is 297. The molecule has 0 amide bonds. The summed E-state index contributed by atoms with van der Waals surface area (Å²) >= 11 is 0. The summed E-state index contributed by atoms with van der Waals surface area (Å²) in [6.45, 7) is 2.49. The number of nitrogens with two attached hydrogens (primary N) is 1. The first-order valence-corrected chi connectivity index (χ1v) is 5.88. The highest BCUT2D eigenvalue weighted by atomic mass is 32.2. The van der Waals surface area contributed by atoms with Gasteiger partial charge in [0.1, 0.15) is 0 Å². The molecule has 74 valence electrons. The van der Waals surface area contributed by atoms with Gasteiger partial charge in [0.05, 0.1) is 12.0 Å². The smallest absolute Gasteiger partial charge is 0.0951 e. The molecule has 0 aliphatic carbocycles. The first-order valence-electron chi connectivity index (χ1n) is 4.16. The molecule has 2 N–H and O–H groups in total. The summed E-state index contributed by atoms with van der Waals surface area (Å²) in [4.78, 5) is 4.01. The van der Waals surface area contributed by atoms with Crippen LogP contribution in [0.15, 0.2) is 12.5 Å². The molecule has 0 bridgehead atoms. The fraction of sp³-hybridized carbons (Fsp3) is 0.625. The Morgan fingerprint density at radius 1 is 1.77 bits per heavy atom. The van der Waals surface area contributed by atoms with E-state index >= 15 is 0 Å². The van der Waals surface area contributed by atoms with E-state index in [1.165, 1.54) is 0 Å². The molecule has 0 aliphatic rings. The lowest BCUT2D eigenvalue weighted by atomic mass is 10.3. The van der Waals surface area contributed by atoms with Gasteiger partial charge in [-0.25, -0.2) is 4.98 Å². The van der Waals surface area contributed by atoms with Crippen LogP contribution in [0.25, 0.3) is 0 Å². The summed E-state index contributed by atoms with van der Waals surface area (Å²) in [5.74, 6) is 0.642. The van der Waals surface area contributed by atoms with Gasteiger partial charge in [-0.2, -0.15) is 0 Å². The Morgan fingerprint density at radius 3 is 3.00 bits per heavy atom. The summed E-state index contributed by atoms with van der Waals surface area (Å²) in [6, 6.07) is 0.201. The fourth-order valence-corrected chi connectivity index (χ4v) is 2.15. The molecule has 0 radical (unpaired) electrons. The summed E-state index contributed by atoms with van der Waals surface area (Å²) in [7, 11) is -0.780. The zero-order valence-electron chi connectivity index (χ0n) is 7.93. The van der Waals surface area contributed by atoms with Gasteiger partial charge in [-0.3, -0.25) is 4.21 Å². The quantitative estimate of drug-likeness (QED) is 0.761. The molecule has 2 unspecified atom stereocenters. The second kappa shape index (κ2) is 4.53. The summed E-state index contributed by atoms with van der Waals surface area (Å²) in [5, 5.41) is 0. The molecule has 1 aromatic heterocycles. The predicted molar refractivity (Wildman–Crippen MR) is 53.8 cm³/mol. The summed E-state index contributed by atoms with van der Waals surface area (Å²) < 4.78 is 13.0. The number of imidazole rings is 1. The van der Waals surface area contributed by atoms with Crippen LogP contribution in [0.5, 0.6) is 0 Å². The molecule has 0 spiro atoms. The van der Waals surface area contributed by atoms with Crippen LogP contribution < -0.4 is 5.73 Å². The van der Waals surface area contributed by atoms with E-state index in [9.17, 15) is 4.21 Å². The minimum Gasteiger partial charge on any atom is -0.330 e. The van der Waals surface area contributed by atoms with Crippen LogP contribution in [-0.4, -0.2) is 25.8 Å². The maximum Gasteiger partial charge on any atom is 0.0951 e. The van der Waals surface area contributed by atoms with Crippen molar-refractivity contribution in [3.8, 4) is 0 Å². The van der Waals surface area contributed by atoms with Gasteiger partial charge in [0.2, 0.25) is 0 Å². The summed E-state index contributed by atoms with van der Waals surface area (Å²) in [6.07, 6.45) is 5.18. The van der Waals surface area contributed by atoms with Gasteiger partial charge in [0.25, 0.3) is 0 Å². The van der Waals surface area contributed by atoms with E-state index in [0.29, 0.717) is 12.3 Å². The second-order valence-electron chi connectivity index (χ2n) is 3.09. The van der Waals surface area contributed by atoms with Gasteiger partial charge in [-0.1, -0.05) is 0 Å². The number of hydrogen-bond donors (Lipinski definition) is 1. The Balaban J connectivity index is 2.75. The average molecular weight is 201 g/mol. The van der Waals surface area contributed by atoms with Crippen LogP contribution in [0, 0.1) is 0 Å². The summed E-state index contributed by atoms with van der Waals surface area (Å²) in [5.41, 5.74) is 6.51. The third-order valence-corrected chi connectivity index (χ3v) is 2.86. The highest BCUT2D eigenvalue weighted by Crippen LogP contribution is 2.10. The standard InChI is InChI=1S/C8H15N3OS/c1-7(5-13(2)12)11-6-10-4-8(11)3-9/h4,6-7H,3,5,9H2,1-2H3. The SMILES string of the molecule is CC(CS(C)=O)n1cncc1CN. The molecule has 0 aliphatic heterocycles. The zero-order chi connectivity index (χ0) is 9.84. The Kier molecular flexibility index (Phi) is 3.62. The van der Waals surface area contributed by atoms with Crippen LogP contribution in [0.4, 0.5) is 0 Å². The van der Waals surface area contributed by atoms with E-state index in [1.807, 2.05) is 11.5 Å². The molecule has 13 heavy (non-hydrogen) atoms. The highest BCUT2D eigenvalue weighted by Gasteiger charge is 2.09. The van der Waals surface area contributed by atoms with Gasteiger partial charge >= 0.3 is 0 Å². The lowest BCUT2D eigenvalue weighted by Crippen LogP contribution is -2.16. The van der Waals surface area contributed by atoms with Crippen LogP contribution in [0.1, 0.15) is 18.7 Å². The van der Waals surface area contributed by atoms with Crippen LogP contribution in [0.2, 0.25) is 0 Å². The molecule has 0 fully saturated rings. The van der Waals surface area contributed by atoms with Crippen molar-refractivity contribution in [3.63, 3.8) is 0 Å². The van der Waals surface area contributed by atoms with Crippen LogP contribution in [0.3, 0.4) is 0 Å². The zero-order valence-corrected chi connectivity index (χ0v) is 8.75. The van der Waals surface area contributed by atoms with Crippen LogP contribution >= 0.6 is 0 Å². The number of rotatable bonds is 4. The molecule has 0 saturated carbocycles. The van der Waals surface area contributed by atoms with E-state index in [-0.39, 0.29) is 6.04 Å². The molecule has 5 heteroatoms. The van der Waals surface area contributed by atoms with Gasteiger partial charge in [-0.05, 0) is 6.92 Å². The Morgan fingerprint density at radius 2 is 2.46 bits per heavy atom. The Hall–Kier alpha value is -0.680. The lowest BCUT2D eigenvalue weighted by Gasteiger charge is -2.14. The molecule has 1 aromatic rings. The van der Waals surface area contributed by atoms with E-state index in [0.717, 1.165) is 5.69 Å². The first kappa shape index (κ1) is 10.4. The molecule has 0 aromatic carbocycles. The Labute approximate surface area is 80.6 Å².